The molecule has 2 atom stereocenters. The van der Waals surface area contributed by atoms with Gasteiger partial charge in [0.05, 0.1) is 30.7 Å². The lowest BCUT2D eigenvalue weighted by molar-refractivity contribution is -0.868. The van der Waals surface area contributed by atoms with Gasteiger partial charge in [0.25, 0.3) is 15.9 Å². The number of methoxy groups -OCH3 is 1. The number of aryl methyl sites for hydroxylation is 1. The molecule has 1 unspecified atom stereocenters. The molecule has 0 aliphatic carbocycles. The summed E-state index contributed by atoms with van der Waals surface area (Å²) in [6.07, 6.45) is 1.92. The van der Waals surface area contributed by atoms with Gasteiger partial charge in [-0.25, -0.2) is 22.4 Å². The Kier molecular flexibility index (Phi) is 10.7. The van der Waals surface area contributed by atoms with Gasteiger partial charge in [0.1, 0.15) is 6.54 Å². The van der Waals surface area contributed by atoms with Crippen LogP contribution in [0.3, 0.4) is 0 Å². The number of nitrogens with zero attached hydrogens (tertiary/aromatic N) is 2. The Bertz CT molecular complexity index is 1530. The molecule has 3 rings (SSSR count). The molecule has 0 bridgehead atoms. The van der Waals surface area contributed by atoms with Crippen molar-refractivity contribution < 1.29 is 31.7 Å². The van der Waals surface area contributed by atoms with Crippen molar-refractivity contribution >= 4 is 27.7 Å². The number of benzene rings is 2. The molecular formula is C31H43N4O6S+. The van der Waals surface area contributed by atoms with Crippen molar-refractivity contribution in [3.05, 3.63) is 64.8 Å². The molecule has 0 aliphatic rings. The molecule has 1 aromatic heterocycles. The predicted molar refractivity (Wildman–Crippen MR) is 162 cm³/mol. The maximum atomic E-state index is 13.6. The quantitative estimate of drug-likeness (QED) is 0.246. The van der Waals surface area contributed by atoms with E-state index in [1.807, 2.05) is 39.0 Å². The molecule has 2 aromatic carbocycles. The molecule has 3 N–H and O–H groups in total. The Hall–Kier alpha value is -3.54. The predicted octanol–water partition coefficient (Wildman–Crippen LogP) is 5.08. The molecule has 10 nitrogen and oxygen atoms in total. The van der Waals surface area contributed by atoms with E-state index in [0.29, 0.717) is 28.8 Å². The minimum Gasteiger partial charge on any atom is -0.380 e. The fourth-order valence-electron chi connectivity index (χ4n) is 5.47. The van der Waals surface area contributed by atoms with Crippen molar-refractivity contribution in [2.75, 3.05) is 18.9 Å². The second-order valence-electron chi connectivity index (χ2n) is 11.3. The Morgan fingerprint density at radius 3 is 2.38 bits per heavy atom. The van der Waals surface area contributed by atoms with Gasteiger partial charge >= 0.3 is 5.91 Å². The van der Waals surface area contributed by atoms with Crippen LogP contribution in [0.2, 0.25) is 0 Å². The van der Waals surface area contributed by atoms with Gasteiger partial charge in [0.2, 0.25) is 5.88 Å². The average molecular weight is 600 g/mol. The number of aromatic nitrogens is 1. The lowest BCUT2D eigenvalue weighted by atomic mass is 9.94. The Labute approximate surface area is 248 Å². The lowest BCUT2D eigenvalue weighted by Crippen LogP contribution is -2.62. The van der Waals surface area contributed by atoms with Crippen LogP contribution in [-0.2, 0) is 37.5 Å². The third kappa shape index (κ3) is 7.08. The van der Waals surface area contributed by atoms with E-state index < -0.39 is 22.0 Å². The topological polar surface area (TPSA) is 142 Å². The first kappa shape index (κ1) is 33.0. The highest BCUT2D eigenvalue weighted by atomic mass is 32.2. The highest BCUT2D eigenvalue weighted by Gasteiger charge is 2.45. The second-order valence-corrected chi connectivity index (χ2v) is 12.9. The van der Waals surface area contributed by atoms with Crippen molar-refractivity contribution in [3.8, 4) is 11.1 Å². The van der Waals surface area contributed by atoms with Gasteiger partial charge in [-0.1, -0.05) is 62.7 Å². The Balaban J connectivity index is 2.09. The number of rotatable bonds is 14. The largest absolute Gasteiger partial charge is 0.380 e. The average Bonchev–Trinajstić information content (AvgIpc) is 3.23. The number of likely N-dealkylation sites (N-methyl/N-ethyl adjacent to an activating group) is 1. The number of ether oxygens (including phenoxy) is 1. The minimum absolute atomic E-state index is 0.0489. The Morgan fingerprint density at radius 1 is 1.12 bits per heavy atom. The number of nitrogens with two attached hydrogens (primary N) is 1. The van der Waals surface area contributed by atoms with Gasteiger partial charge in [-0.15, -0.1) is 0 Å². The van der Waals surface area contributed by atoms with Gasteiger partial charge < -0.3 is 15.0 Å². The number of hydrogen-bond acceptors (Lipinski definition) is 7. The van der Waals surface area contributed by atoms with E-state index in [0.717, 1.165) is 24.0 Å². The minimum atomic E-state index is -4.05. The van der Waals surface area contributed by atoms with Gasteiger partial charge in [0, 0.05) is 29.7 Å². The van der Waals surface area contributed by atoms with Crippen molar-refractivity contribution in [2.45, 2.75) is 78.0 Å². The van der Waals surface area contributed by atoms with Gasteiger partial charge in [0.15, 0.2) is 6.04 Å². The van der Waals surface area contributed by atoms with Crippen LogP contribution in [0.5, 0.6) is 0 Å². The number of amides is 2. The summed E-state index contributed by atoms with van der Waals surface area (Å²) in [5.74, 6) is -0.659. The molecule has 0 fully saturated rings. The van der Waals surface area contributed by atoms with Crippen LogP contribution in [0, 0.1) is 19.8 Å². The van der Waals surface area contributed by atoms with Crippen molar-refractivity contribution in [1.29, 1.82) is 0 Å². The maximum absolute atomic E-state index is 13.6. The van der Waals surface area contributed by atoms with E-state index in [-0.39, 0.29) is 40.2 Å². The highest BCUT2D eigenvalue weighted by Crippen LogP contribution is 2.34. The normalized spacial score (nSPS) is 14.0. The molecule has 0 saturated carbocycles. The molecule has 0 aliphatic heterocycles. The van der Waals surface area contributed by atoms with Crippen LogP contribution in [0.4, 0.5) is 5.88 Å². The Morgan fingerprint density at radius 2 is 1.81 bits per heavy atom. The van der Waals surface area contributed by atoms with Crippen molar-refractivity contribution in [3.63, 3.8) is 0 Å². The third-order valence-corrected chi connectivity index (χ3v) is 9.07. The zero-order valence-corrected chi connectivity index (χ0v) is 26.4. The second kappa shape index (κ2) is 13.6. The van der Waals surface area contributed by atoms with E-state index >= 15 is 0 Å². The number of nitrogens with one attached hydrogen (secondary N) is 1. The lowest BCUT2D eigenvalue weighted by Gasteiger charge is -2.39. The van der Waals surface area contributed by atoms with E-state index in [2.05, 4.69) is 9.88 Å². The first-order valence-corrected chi connectivity index (χ1v) is 15.6. The zero-order chi connectivity index (χ0) is 31.2. The van der Waals surface area contributed by atoms with Crippen molar-refractivity contribution in [2.24, 2.45) is 11.7 Å². The van der Waals surface area contributed by atoms with E-state index in [9.17, 15) is 18.0 Å². The summed E-state index contributed by atoms with van der Waals surface area (Å²) < 4.78 is 40.1. The number of primary amides is 1. The summed E-state index contributed by atoms with van der Waals surface area (Å²) in [7, 11) is -0.709. The molecule has 0 spiro atoms. The van der Waals surface area contributed by atoms with E-state index in [1.54, 1.807) is 46.2 Å². The third-order valence-electron chi connectivity index (χ3n) is 7.68. The van der Waals surface area contributed by atoms with Crippen LogP contribution >= 0.6 is 0 Å². The molecule has 42 heavy (non-hydrogen) atoms. The van der Waals surface area contributed by atoms with Gasteiger partial charge in [-0.2, -0.15) is 0 Å². The number of carbonyl (C=O) groups is 2. The summed E-state index contributed by atoms with van der Waals surface area (Å²) in [6.45, 7) is 9.71. The summed E-state index contributed by atoms with van der Waals surface area (Å²) in [5.41, 5.74) is 9.71. The number of sulfonamides is 1. The first-order chi connectivity index (χ1) is 19.8. The fourth-order valence-corrected chi connectivity index (χ4v) is 6.74. The molecule has 0 saturated heterocycles. The van der Waals surface area contributed by atoms with E-state index in [4.69, 9.17) is 15.0 Å². The van der Waals surface area contributed by atoms with Crippen LogP contribution in [-0.4, -0.2) is 50.1 Å². The maximum Gasteiger partial charge on any atom is 0.314 e. The monoisotopic (exact) mass is 599 g/mol. The number of carbonyl (C=O) groups excluding carboxylic acids is 2. The van der Waals surface area contributed by atoms with Gasteiger partial charge in [-0.05, 0) is 43.5 Å². The first-order valence-electron chi connectivity index (χ1n) is 14.1. The number of hydrogen-bond donors (Lipinski definition) is 2. The fraction of sp³-hybridized carbons (Fsp3) is 0.452. The standard InChI is InChI=1S/C31H42N4O6S/c1-8-9-14-28(36)35(6,29(20(2)3)30(32)37)18-23-15-16-25(24(17-23)19-40-7)26-12-10-11-13-27(26)42(38,39)34-31-21(4)22(5)33-41-31/h10-13,15-17,20,29H,8-9,14,18-19H2,1-7H3,(H2-,32,33,34,37)/p+1/t29-,35?/m0/s1. The highest BCUT2D eigenvalue weighted by molar-refractivity contribution is 7.92. The number of quaternary nitrogens is 1. The van der Waals surface area contributed by atoms with E-state index in [1.165, 1.54) is 6.07 Å². The number of unbranched alkanes of at least 4 members (excludes halogenated alkanes) is 1. The van der Waals surface area contributed by atoms with Crippen LogP contribution < -0.4 is 10.5 Å². The SMILES string of the molecule is CCCCC(=O)[N+](C)(Cc1ccc(-c2ccccc2S(=O)(=O)Nc2onc(C)c2C)c(COC)c1)[C@H](C(N)=O)C(C)C. The smallest absolute Gasteiger partial charge is 0.314 e. The van der Waals surface area contributed by atoms with Crippen molar-refractivity contribution in [1.82, 2.24) is 5.16 Å². The zero-order valence-electron chi connectivity index (χ0n) is 25.6. The molecule has 228 valence electrons. The summed E-state index contributed by atoms with van der Waals surface area (Å²) in [6, 6.07) is 11.6. The molecule has 0 radical (unpaired) electrons. The van der Waals surface area contributed by atoms with Crippen LogP contribution in [0.1, 0.15) is 62.4 Å². The molecule has 1 heterocycles. The summed E-state index contributed by atoms with van der Waals surface area (Å²) >= 11 is 0. The summed E-state index contributed by atoms with van der Waals surface area (Å²) in [5, 5.41) is 3.84. The van der Waals surface area contributed by atoms with Gasteiger partial charge in [-0.3, -0.25) is 4.79 Å². The summed E-state index contributed by atoms with van der Waals surface area (Å²) in [4.78, 5) is 26.2. The number of anilines is 1. The van der Waals surface area contributed by atoms with Crippen LogP contribution in [0.25, 0.3) is 11.1 Å². The molecule has 3 aromatic rings. The van der Waals surface area contributed by atoms with Crippen LogP contribution in [0.15, 0.2) is 51.9 Å². The molecule has 11 heteroatoms. The molecule has 2 amide bonds. The molecular weight excluding hydrogens is 556 g/mol.